The summed E-state index contributed by atoms with van der Waals surface area (Å²) in [7, 11) is 0. The number of Topliss-reactive ketones (excluding diaryl/α,β-unsaturated/α-hetero) is 2. The quantitative estimate of drug-likeness (QED) is 0.607. The molecule has 0 spiro atoms. The van der Waals surface area contributed by atoms with Crippen molar-refractivity contribution in [3.05, 3.63) is 39.1 Å². The van der Waals surface area contributed by atoms with E-state index >= 15 is 0 Å². The van der Waals surface area contributed by atoms with Gasteiger partial charge in [0.15, 0.2) is 11.6 Å². The molecule has 0 N–H and O–H groups in total. The lowest BCUT2D eigenvalue weighted by atomic mass is 9.76. The summed E-state index contributed by atoms with van der Waals surface area (Å²) in [5.41, 5.74) is -1.41. The van der Waals surface area contributed by atoms with E-state index in [9.17, 15) is 14.0 Å². The van der Waals surface area contributed by atoms with E-state index in [-0.39, 0.29) is 11.6 Å². The number of thiazole rings is 1. The summed E-state index contributed by atoms with van der Waals surface area (Å²) in [5, 5.41) is 0.467. The summed E-state index contributed by atoms with van der Waals surface area (Å²) < 4.78 is 20.8. The van der Waals surface area contributed by atoms with Crippen LogP contribution in [-0.4, -0.2) is 27.8 Å². The minimum atomic E-state index is -1.10. The Morgan fingerprint density at radius 3 is 2.30 bits per heavy atom. The maximum absolute atomic E-state index is 14.4. The molecule has 1 aromatic carbocycles. The van der Waals surface area contributed by atoms with Crippen molar-refractivity contribution in [2.75, 3.05) is 0 Å². The average Bonchev–Trinajstić information content (AvgIpc) is 2.96. The Balaban J connectivity index is 2.15. The lowest BCUT2D eigenvalue weighted by Crippen LogP contribution is -2.58. The minimum Gasteiger partial charge on any atom is -0.354 e. The van der Waals surface area contributed by atoms with Crippen LogP contribution >= 0.6 is 27.3 Å². The van der Waals surface area contributed by atoms with E-state index in [0.29, 0.717) is 27.2 Å². The second kappa shape index (κ2) is 6.87. The number of aryl methyl sites for hydroxylation is 1. The van der Waals surface area contributed by atoms with Gasteiger partial charge in [-0.25, -0.2) is 9.37 Å². The van der Waals surface area contributed by atoms with Gasteiger partial charge in [-0.05, 0) is 52.3 Å². The molecule has 4 nitrogen and oxygen atoms in total. The van der Waals surface area contributed by atoms with Crippen LogP contribution in [0.2, 0.25) is 0 Å². The summed E-state index contributed by atoms with van der Waals surface area (Å²) in [6.07, 6.45) is 0.601. The predicted octanol–water partition coefficient (Wildman–Crippen LogP) is 5.08. The number of benzene rings is 1. The Hall–Kier alpha value is -1.44. The largest absolute Gasteiger partial charge is 0.354 e. The lowest BCUT2D eigenvalue weighted by Gasteiger charge is -2.42. The molecule has 0 radical (unpaired) electrons. The molecule has 3 rings (SSSR count). The number of hydrogen-bond donors (Lipinski definition) is 0. The number of rotatable bonds is 3. The molecular formula is C20H21BrFNO3S. The van der Waals surface area contributed by atoms with Gasteiger partial charge in [0.1, 0.15) is 27.9 Å². The highest BCUT2D eigenvalue weighted by molar-refractivity contribution is 9.10. The second-order valence-electron chi connectivity index (χ2n) is 7.59. The fourth-order valence-electron chi connectivity index (χ4n) is 3.42. The SMILES string of the molecule is CCc1sc(-c2ccc(Br)cc2F)nc1C1C(=O)C(C)(C)OC(C)(C)C1=O. The summed E-state index contributed by atoms with van der Waals surface area (Å²) in [6.45, 7) is 8.62. The van der Waals surface area contributed by atoms with Crippen molar-refractivity contribution >= 4 is 38.8 Å². The first-order chi connectivity index (χ1) is 12.5. The number of hydrogen-bond acceptors (Lipinski definition) is 5. The molecular weight excluding hydrogens is 433 g/mol. The number of carbonyl (C=O) groups is 2. The first-order valence-electron chi connectivity index (χ1n) is 8.71. The maximum atomic E-state index is 14.4. The zero-order valence-electron chi connectivity index (χ0n) is 15.9. The minimum absolute atomic E-state index is 0.311. The van der Waals surface area contributed by atoms with Crippen LogP contribution in [0, 0.1) is 5.82 Å². The van der Waals surface area contributed by atoms with Gasteiger partial charge in [0.05, 0.1) is 5.69 Å². The van der Waals surface area contributed by atoms with Crippen LogP contribution in [-0.2, 0) is 20.7 Å². The fraction of sp³-hybridized carbons (Fsp3) is 0.450. The van der Waals surface area contributed by atoms with Crippen LogP contribution in [0.4, 0.5) is 4.39 Å². The molecule has 0 aliphatic carbocycles. The molecule has 1 aliphatic heterocycles. The summed E-state index contributed by atoms with van der Waals surface area (Å²) >= 11 is 4.56. The third kappa shape index (κ3) is 3.52. The Labute approximate surface area is 170 Å². The van der Waals surface area contributed by atoms with Gasteiger partial charge in [-0.1, -0.05) is 22.9 Å². The standard InChI is InChI=1S/C20H21BrFNO3S/c1-6-13-15(14-16(24)19(2,3)26-20(4,5)17(14)25)23-18(27-13)11-8-7-10(21)9-12(11)22/h7-9,14H,6H2,1-5H3. The van der Waals surface area contributed by atoms with Gasteiger partial charge in [-0.3, -0.25) is 9.59 Å². The summed E-state index contributed by atoms with van der Waals surface area (Å²) in [4.78, 5) is 31.4. The van der Waals surface area contributed by atoms with Gasteiger partial charge in [-0.15, -0.1) is 11.3 Å². The molecule has 0 unspecified atom stereocenters. The number of aromatic nitrogens is 1. The Kier molecular flexibility index (Phi) is 5.16. The van der Waals surface area contributed by atoms with E-state index < -0.39 is 22.9 Å². The third-order valence-electron chi connectivity index (χ3n) is 4.71. The van der Waals surface area contributed by atoms with E-state index in [0.717, 1.165) is 4.88 Å². The van der Waals surface area contributed by atoms with Crippen molar-refractivity contribution in [2.45, 2.75) is 58.2 Å². The maximum Gasteiger partial charge on any atom is 0.180 e. The zero-order chi connectivity index (χ0) is 20.1. The zero-order valence-corrected chi connectivity index (χ0v) is 18.3. The van der Waals surface area contributed by atoms with Crippen LogP contribution in [0.5, 0.6) is 0 Å². The van der Waals surface area contributed by atoms with Crippen molar-refractivity contribution in [3.63, 3.8) is 0 Å². The molecule has 0 amide bonds. The lowest BCUT2D eigenvalue weighted by molar-refractivity contribution is -0.184. The Bertz CT molecular complexity index is 909. The van der Waals surface area contributed by atoms with Gasteiger partial charge in [0.25, 0.3) is 0 Å². The third-order valence-corrected chi connectivity index (χ3v) is 6.45. The van der Waals surface area contributed by atoms with Crippen LogP contribution in [0.3, 0.4) is 0 Å². The highest BCUT2D eigenvalue weighted by Gasteiger charge is 2.54. The predicted molar refractivity (Wildman–Crippen MR) is 107 cm³/mol. The van der Waals surface area contributed by atoms with Crippen LogP contribution in [0.25, 0.3) is 10.6 Å². The number of ether oxygens (including phenoxy) is 1. The van der Waals surface area contributed by atoms with Crippen molar-refractivity contribution in [1.29, 1.82) is 0 Å². The number of halogens is 2. The topological polar surface area (TPSA) is 56.3 Å². The molecule has 0 atom stereocenters. The van der Waals surface area contributed by atoms with Gasteiger partial charge in [-0.2, -0.15) is 0 Å². The molecule has 27 heavy (non-hydrogen) atoms. The van der Waals surface area contributed by atoms with Crippen LogP contribution < -0.4 is 0 Å². The molecule has 2 heterocycles. The van der Waals surface area contributed by atoms with Gasteiger partial charge in [0.2, 0.25) is 0 Å². The van der Waals surface area contributed by atoms with Gasteiger partial charge >= 0.3 is 0 Å². The molecule has 1 aliphatic rings. The highest BCUT2D eigenvalue weighted by Crippen LogP contribution is 2.42. The molecule has 0 saturated carbocycles. The summed E-state index contributed by atoms with van der Waals surface area (Å²) in [6, 6.07) is 4.75. The van der Waals surface area contributed by atoms with E-state index in [1.807, 2.05) is 6.92 Å². The molecule has 2 aromatic rings. The molecule has 1 fully saturated rings. The molecule has 144 valence electrons. The number of carbonyl (C=O) groups excluding carboxylic acids is 2. The van der Waals surface area contributed by atoms with Crippen molar-refractivity contribution < 1.29 is 18.7 Å². The summed E-state index contributed by atoms with van der Waals surface area (Å²) in [5.74, 6) is -2.02. The number of nitrogens with zero attached hydrogens (tertiary/aromatic N) is 1. The Morgan fingerprint density at radius 1 is 1.19 bits per heavy atom. The van der Waals surface area contributed by atoms with Gasteiger partial charge < -0.3 is 4.74 Å². The monoisotopic (exact) mass is 453 g/mol. The highest BCUT2D eigenvalue weighted by atomic mass is 79.9. The van der Waals surface area contributed by atoms with Crippen molar-refractivity contribution in [2.24, 2.45) is 0 Å². The van der Waals surface area contributed by atoms with Crippen molar-refractivity contribution in [3.8, 4) is 10.6 Å². The first-order valence-corrected chi connectivity index (χ1v) is 10.3. The first kappa shape index (κ1) is 20.3. The normalized spacial score (nSPS) is 19.5. The van der Waals surface area contributed by atoms with Crippen LogP contribution in [0.1, 0.15) is 51.1 Å². The molecule has 0 bridgehead atoms. The van der Waals surface area contributed by atoms with Crippen molar-refractivity contribution in [1.82, 2.24) is 4.98 Å². The van der Waals surface area contributed by atoms with E-state index in [1.165, 1.54) is 17.4 Å². The smallest absolute Gasteiger partial charge is 0.180 e. The average molecular weight is 454 g/mol. The number of ketones is 2. The van der Waals surface area contributed by atoms with Crippen LogP contribution in [0.15, 0.2) is 22.7 Å². The molecule has 7 heteroatoms. The molecule has 1 aromatic heterocycles. The molecule has 1 saturated heterocycles. The van der Waals surface area contributed by atoms with E-state index in [2.05, 4.69) is 20.9 Å². The Morgan fingerprint density at radius 2 is 1.78 bits per heavy atom. The fourth-order valence-corrected chi connectivity index (χ4v) is 4.82. The van der Waals surface area contributed by atoms with E-state index in [4.69, 9.17) is 4.74 Å². The second-order valence-corrected chi connectivity index (χ2v) is 9.59. The van der Waals surface area contributed by atoms with Gasteiger partial charge in [0, 0.05) is 14.9 Å². The van der Waals surface area contributed by atoms with E-state index in [1.54, 1.807) is 39.8 Å².